The number of aromatic nitrogens is 2. The van der Waals surface area contributed by atoms with Gasteiger partial charge in [-0.15, -0.1) is 24.0 Å². The number of aliphatic imine (C=N–C) groups is 1. The van der Waals surface area contributed by atoms with Gasteiger partial charge in [-0.05, 0) is 37.3 Å². The number of halogens is 2. The molecule has 0 saturated carbocycles. The first kappa shape index (κ1) is 21.4. The molecule has 8 heteroatoms. The van der Waals surface area contributed by atoms with Gasteiger partial charge >= 0.3 is 0 Å². The first-order valence-corrected chi connectivity index (χ1v) is 7.89. The minimum Gasteiger partial charge on any atom is -0.383 e. The Labute approximate surface area is 164 Å². The highest BCUT2D eigenvalue weighted by atomic mass is 127. The van der Waals surface area contributed by atoms with Crippen molar-refractivity contribution in [2.24, 2.45) is 4.99 Å². The maximum atomic E-state index is 13.0. The summed E-state index contributed by atoms with van der Waals surface area (Å²) in [4.78, 5) is 4.18. The number of hydrogen-bond donors (Lipinski definition) is 2. The molecule has 0 bridgehead atoms. The van der Waals surface area contributed by atoms with Crippen LogP contribution in [0.3, 0.4) is 0 Å². The van der Waals surface area contributed by atoms with Gasteiger partial charge in [0.15, 0.2) is 5.96 Å². The molecule has 0 fully saturated rings. The number of ether oxygens (including phenoxy) is 1. The number of hydrogen-bond acceptors (Lipinski definition) is 3. The predicted molar refractivity (Wildman–Crippen MR) is 108 cm³/mol. The Morgan fingerprint density at radius 3 is 2.68 bits per heavy atom. The lowest BCUT2D eigenvalue weighted by Gasteiger charge is -2.16. The highest BCUT2D eigenvalue weighted by molar-refractivity contribution is 14.0. The zero-order valence-corrected chi connectivity index (χ0v) is 17.0. The number of methoxy groups -OCH3 is 1. The molecule has 6 nitrogen and oxygen atoms in total. The minimum absolute atomic E-state index is 0. The van der Waals surface area contributed by atoms with Crippen molar-refractivity contribution in [1.29, 1.82) is 0 Å². The summed E-state index contributed by atoms with van der Waals surface area (Å²) >= 11 is 0. The second kappa shape index (κ2) is 11.0. The second-order valence-corrected chi connectivity index (χ2v) is 5.48. The lowest BCUT2D eigenvalue weighted by molar-refractivity contribution is 0.179. The van der Waals surface area contributed by atoms with Crippen molar-refractivity contribution in [3.8, 4) is 5.69 Å². The summed E-state index contributed by atoms with van der Waals surface area (Å²) in [5, 5.41) is 11.0. The van der Waals surface area contributed by atoms with E-state index in [-0.39, 0.29) is 35.8 Å². The van der Waals surface area contributed by atoms with Gasteiger partial charge in [-0.25, -0.2) is 9.07 Å². The van der Waals surface area contributed by atoms with Crippen molar-refractivity contribution in [2.75, 3.05) is 27.3 Å². The summed E-state index contributed by atoms with van der Waals surface area (Å²) in [5.74, 6) is 0.481. The minimum atomic E-state index is -0.253. The molecule has 0 aliphatic heterocycles. The Morgan fingerprint density at radius 2 is 2.04 bits per heavy atom. The van der Waals surface area contributed by atoms with Crippen molar-refractivity contribution < 1.29 is 9.13 Å². The first-order chi connectivity index (χ1) is 11.6. The standard InChI is InChI=1S/C17H24FN5O.HI/c1-13(12-24-3)21-17(19-2)20-10-8-15-9-11-23(22-15)16-6-4-14(18)5-7-16;/h4-7,9,11,13H,8,10,12H2,1-3H3,(H2,19,20,21);1H. The van der Waals surface area contributed by atoms with Crippen molar-refractivity contribution in [3.05, 3.63) is 48.0 Å². The molecule has 1 atom stereocenters. The van der Waals surface area contributed by atoms with E-state index in [1.54, 1.807) is 31.0 Å². The number of guanidine groups is 1. The van der Waals surface area contributed by atoms with Crippen LogP contribution >= 0.6 is 24.0 Å². The Bertz CT molecular complexity index is 659. The molecule has 0 aliphatic rings. The van der Waals surface area contributed by atoms with Crippen LogP contribution in [0.2, 0.25) is 0 Å². The Kier molecular flexibility index (Phi) is 9.43. The molecule has 0 radical (unpaired) electrons. The fourth-order valence-corrected chi connectivity index (χ4v) is 2.26. The Morgan fingerprint density at radius 1 is 1.32 bits per heavy atom. The van der Waals surface area contributed by atoms with E-state index in [1.807, 2.05) is 19.2 Å². The van der Waals surface area contributed by atoms with Gasteiger partial charge in [-0.1, -0.05) is 0 Å². The smallest absolute Gasteiger partial charge is 0.191 e. The summed E-state index contributed by atoms with van der Waals surface area (Å²) in [6.07, 6.45) is 2.63. The summed E-state index contributed by atoms with van der Waals surface area (Å²) in [6.45, 7) is 3.35. The molecule has 0 spiro atoms. The van der Waals surface area contributed by atoms with Crippen molar-refractivity contribution in [3.63, 3.8) is 0 Å². The van der Waals surface area contributed by atoms with Gasteiger partial charge in [-0.2, -0.15) is 5.10 Å². The molecule has 0 saturated heterocycles. The average molecular weight is 461 g/mol. The maximum absolute atomic E-state index is 13.0. The van der Waals surface area contributed by atoms with Crippen molar-refractivity contribution >= 4 is 29.9 Å². The lowest BCUT2D eigenvalue weighted by atomic mass is 10.3. The summed E-state index contributed by atoms with van der Waals surface area (Å²) in [6, 6.07) is 8.39. The Hall–Kier alpha value is -1.68. The van der Waals surface area contributed by atoms with Gasteiger partial charge in [0.1, 0.15) is 5.82 Å². The zero-order chi connectivity index (χ0) is 17.4. The molecule has 0 aliphatic carbocycles. The molecule has 25 heavy (non-hydrogen) atoms. The largest absolute Gasteiger partial charge is 0.383 e. The average Bonchev–Trinajstić information content (AvgIpc) is 3.03. The Balaban J connectivity index is 0.00000312. The van der Waals surface area contributed by atoms with Gasteiger partial charge in [0.05, 0.1) is 18.0 Å². The SMILES string of the molecule is CN=C(NCCc1ccn(-c2ccc(F)cc2)n1)NC(C)COC.I. The topological polar surface area (TPSA) is 63.5 Å². The van der Waals surface area contributed by atoms with Crippen LogP contribution in [0.5, 0.6) is 0 Å². The maximum Gasteiger partial charge on any atom is 0.191 e. The van der Waals surface area contributed by atoms with Crippen LogP contribution in [0.25, 0.3) is 5.69 Å². The summed E-state index contributed by atoms with van der Waals surface area (Å²) < 4.78 is 19.8. The number of nitrogens with zero attached hydrogens (tertiary/aromatic N) is 3. The quantitative estimate of drug-likeness (QED) is 0.378. The number of rotatable bonds is 7. The van der Waals surface area contributed by atoms with E-state index in [2.05, 4.69) is 20.7 Å². The predicted octanol–water partition coefficient (Wildman–Crippen LogP) is 2.37. The van der Waals surface area contributed by atoms with E-state index >= 15 is 0 Å². The monoisotopic (exact) mass is 461 g/mol. The normalized spacial score (nSPS) is 12.4. The van der Waals surface area contributed by atoms with Crippen LogP contribution in [0.4, 0.5) is 4.39 Å². The van der Waals surface area contributed by atoms with Crippen LogP contribution in [0.1, 0.15) is 12.6 Å². The molecule has 2 N–H and O–H groups in total. The third kappa shape index (κ3) is 6.99. The van der Waals surface area contributed by atoms with E-state index in [9.17, 15) is 4.39 Å². The van der Waals surface area contributed by atoms with Crippen LogP contribution in [-0.4, -0.2) is 49.1 Å². The van der Waals surface area contributed by atoms with Crippen LogP contribution in [0, 0.1) is 5.82 Å². The molecular formula is C17H25FIN5O. The van der Waals surface area contributed by atoms with Gasteiger partial charge in [-0.3, -0.25) is 4.99 Å². The third-order valence-electron chi connectivity index (χ3n) is 3.43. The van der Waals surface area contributed by atoms with Crippen molar-refractivity contribution in [2.45, 2.75) is 19.4 Å². The first-order valence-electron chi connectivity index (χ1n) is 7.89. The number of benzene rings is 1. The molecule has 2 rings (SSSR count). The zero-order valence-electron chi connectivity index (χ0n) is 14.7. The molecule has 138 valence electrons. The van der Waals surface area contributed by atoms with Gasteiger partial charge < -0.3 is 15.4 Å². The van der Waals surface area contributed by atoms with Crippen LogP contribution < -0.4 is 10.6 Å². The number of nitrogens with one attached hydrogen (secondary N) is 2. The summed E-state index contributed by atoms with van der Waals surface area (Å²) in [5.41, 5.74) is 1.79. The fraction of sp³-hybridized carbons (Fsp3) is 0.412. The third-order valence-corrected chi connectivity index (χ3v) is 3.43. The molecule has 1 heterocycles. The van der Waals surface area contributed by atoms with E-state index in [0.717, 1.165) is 23.8 Å². The molecule has 1 unspecified atom stereocenters. The molecule has 2 aromatic rings. The van der Waals surface area contributed by atoms with Crippen LogP contribution in [0.15, 0.2) is 41.5 Å². The second-order valence-electron chi connectivity index (χ2n) is 5.48. The van der Waals surface area contributed by atoms with E-state index < -0.39 is 0 Å². The van der Waals surface area contributed by atoms with Gasteiger partial charge in [0.25, 0.3) is 0 Å². The molecular weight excluding hydrogens is 436 g/mol. The summed E-state index contributed by atoms with van der Waals surface area (Å²) in [7, 11) is 3.41. The van der Waals surface area contributed by atoms with Gasteiger partial charge in [0.2, 0.25) is 0 Å². The van der Waals surface area contributed by atoms with Gasteiger partial charge in [0, 0.05) is 39.4 Å². The van der Waals surface area contributed by atoms with E-state index in [0.29, 0.717) is 13.2 Å². The fourth-order valence-electron chi connectivity index (χ4n) is 2.26. The molecule has 1 aromatic heterocycles. The van der Waals surface area contributed by atoms with E-state index in [1.165, 1.54) is 12.1 Å². The van der Waals surface area contributed by atoms with Crippen LogP contribution in [-0.2, 0) is 11.2 Å². The van der Waals surface area contributed by atoms with E-state index in [4.69, 9.17) is 4.74 Å². The van der Waals surface area contributed by atoms with Crippen molar-refractivity contribution in [1.82, 2.24) is 20.4 Å². The molecule has 0 amide bonds. The lowest BCUT2D eigenvalue weighted by Crippen LogP contribution is -2.44. The highest BCUT2D eigenvalue weighted by Gasteiger charge is 2.05. The molecule has 1 aromatic carbocycles. The highest BCUT2D eigenvalue weighted by Crippen LogP contribution is 2.09.